The van der Waals surface area contributed by atoms with Crippen LogP contribution in [0.3, 0.4) is 0 Å². The van der Waals surface area contributed by atoms with Gasteiger partial charge in [-0.25, -0.2) is 4.58 Å². The average Bonchev–Trinajstić information content (AvgIpc) is 2.92. The van der Waals surface area contributed by atoms with Gasteiger partial charge in [-0.2, -0.15) is 0 Å². The van der Waals surface area contributed by atoms with Gasteiger partial charge in [0.2, 0.25) is 11.3 Å². The lowest BCUT2D eigenvalue weighted by molar-refractivity contribution is -0.120. The molecular weight excluding hydrogens is 486 g/mol. The molecule has 1 heterocycles. The minimum absolute atomic E-state index is 0.129. The number of anilines is 1. The molecule has 2 N–H and O–H groups in total. The zero-order valence-electron chi connectivity index (χ0n) is 24.2. The highest BCUT2D eigenvalue weighted by atomic mass is 16.5. The number of ether oxygens (including phenoxy) is 1. The number of carbonyl (C=O) groups excluding carboxylic acids is 1. The molecule has 2 aromatic rings. The van der Waals surface area contributed by atoms with Gasteiger partial charge in [0.15, 0.2) is 0 Å². The first-order valence-corrected chi connectivity index (χ1v) is 14.0. The van der Waals surface area contributed by atoms with Crippen LogP contribution in [-0.2, 0) is 4.79 Å². The first-order valence-electron chi connectivity index (χ1n) is 14.0. The minimum Gasteiger partial charge on any atom is -0.496 e. The second-order valence-corrected chi connectivity index (χ2v) is 10.5. The number of carbonyl (C=O) groups is 1. The molecule has 0 radical (unpaired) electrons. The predicted molar refractivity (Wildman–Crippen MR) is 162 cm³/mol. The highest BCUT2D eigenvalue weighted by Crippen LogP contribution is 2.42. The minimum atomic E-state index is 0.129. The number of hydrogen-bond donors (Lipinski definition) is 2. The van der Waals surface area contributed by atoms with E-state index in [4.69, 9.17) is 9.15 Å². The van der Waals surface area contributed by atoms with Crippen molar-refractivity contribution in [3.05, 3.63) is 65.0 Å². The summed E-state index contributed by atoms with van der Waals surface area (Å²) in [5, 5.41) is 8.70. The van der Waals surface area contributed by atoms with Crippen LogP contribution in [0.15, 0.2) is 52.9 Å². The zero-order chi connectivity index (χ0) is 27.9. The van der Waals surface area contributed by atoms with E-state index in [-0.39, 0.29) is 5.91 Å². The SMILES string of the molecule is CCC(=O)NCCCCCCNc1ccc2c(-c3cc(C)c(OC)c(C)c3)c3ccc(=[N+](C)C)cc-3oc2c1. The van der Waals surface area contributed by atoms with E-state index in [0.29, 0.717) is 6.42 Å². The maximum absolute atomic E-state index is 11.3. The molecule has 0 spiro atoms. The Labute approximate surface area is 232 Å². The maximum atomic E-state index is 11.3. The molecule has 0 saturated carbocycles. The maximum Gasteiger partial charge on any atom is 0.219 e. The number of benzene rings is 3. The van der Waals surface area contributed by atoms with Gasteiger partial charge in [-0.1, -0.05) is 19.8 Å². The van der Waals surface area contributed by atoms with Gasteiger partial charge in [0.25, 0.3) is 0 Å². The number of aryl methyl sites for hydroxylation is 2. The molecule has 1 aliphatic heterocycles. The largest absolute Gasteiger partial charge is 0.496 e. The van der Waals surface area contributed by atoms with Gasteiger partial charge in [-0.15, -0.1) is 0 Å². The Balaban J connectivity index is 1.61. The molecule has 206 valence electrons. The standard InChI is InChI=1S/C33H41N3O3/c1-7-31(37)35-17-11-9-8-10-16-34-25-12-14-27-29(20-25)39-30-21-26(36(4)5)13-15-28(30)32(27)24-18-22(2)33(38-6)23(3)19-24/h12-15,18-21H,7-11,16-17H2,1-6H3,(H,35,37)/p+1. The van der Waals surface area contributed by atoms with Gasteiger partial charge in [-0.3, -0.25) is 4.79 Å². The van der Waals surface area contributed by atoms with E-state index in [9.17, 15) is 4.79 Å². The first-order chi connectivity index (χ1) is 18.8. The topological polar surface area (TPSA) is 66.5 Å². The van der Waals surface area contributed by atoms with Crippen molar-refractivity contribution in [2.75, 3.05) is 39.6 Å². The Morgan fingerprint density at radius 1 is 0.923 bits per heavy atom. The molecule has 0 unspecified atom stereocenters. The monoisotopic (exact) mass is 528 g/mol. The van der Waals surface area contributed by atoms with Gasteiger partial charge < -0.3 is 19.8 Å². The second-order valence-electron chi connectivity index (χ2n) is 10.5. The van der Waals surface area contributed by atoms with E-state index < -0.39 is 0 Å². The molecule has 0 saturated heterocycles. The Hall–Kier alpha value is -3.80. The van der Waals surface area contributed by atoms with Crippen LogP contribution in [0.1, 0.15) is 50.2 Å². The van der Waals surface area contributed by atoms with Crippen LogP contribution in [0.4, 0.5) is 5.69 Å². The number of nitrogens with zero attached hydrogens (tertiary/aromatic N) is 1. The van der Waals surface area contributed by atoms with Crippen molar-refractivity contribution < 1.29 is 13.9 Å². The summed E-state index contributed by atoms with van der Waals surface area (Å²) in [4.78, 5) is 11.3. The highest BCUT2D eigenvalue weighted by molar-refractivity contribution is 6.02. The molecule has 4 rings (SSSR count). The summed E-state index contributed by atoms with van der Waals surface area (Å²) in [7, 11) is 5.82. The summed E-state index contributed by atoms with van der Waals surface area (Å²) < 4.78 is 14.3. The fraction of sp³-hybridized carbons (Fsp3) is 0.394. The molecular formula is C33H42N3O3+. The van der Waals surface area contributed by atoms with Crippen molar-refractivity contribution >= 4 is 22.6 Å². The quantitative estimate of drug-likeness (QED) is 0.135. The number of fused-ring (bicyclic) bond motifs is 2. The van der Waals surface area contributed by atoms with Crippen LogP contribution < -0.4 is 25.3 Å². The third kappa shape index (κ3) is 6.62. The number of methoxy groups -OCH3 is 1. The third-order valence-corrected chi connectivity index (χ3v) is 7.25. The fourth-order valence-electron chi connectivity index (χ4n) is 5.18. The van der Waals surface area contributed by atoms with Crippen LogP contribution in [0.2, 0.25) is 0 Å². The second kappa shape index (κ2) is 12.8. The van der Waals surface area contributed by atoms with E-state index in [1.807, 2.05) is 21.0 Å². The van der Waals surface area contributed by atoms with Gasteiger partial charge in [0.05, 0.1) is 13.2 Å². The fourth-order valence-corrected chi connectivity index (χ4v) is 5.18. The third-order valence-electron chi connectivity index (χ3n) is 7.25. The van der Waals surface area contributed by atoms with Crippen LogP contribution >= 0.6 is 0 Å². The number of amides is 1. The zero-order valence-corrected chi connectivity index (χ0v) is 24.2. The summed E-state index contributed by atoms with van der Waals surface area (Å²) in [6, 6.07) is 17.3. The van der Waals surface area contributed by atoms with E-state index in [2.05, 4.69) is 77.6 Å². The smallest absolute Gasteiger partial charge is 0.219 e. The summed E-state index contributed by atoms with van der Waals surface area (Å²) in [6.45, 7) is 7.74. The summed E-state index contributed by atoms with van der Waals surface area (Å²) in [5.74, 6) is 1.92. The molecule has 0 fully saturated rings. The lowest BCUT2D eigenvalue weighted by Crippen LogP contribution is -2.23. The van der Waals surface area contributed by atoms with Crippen LogP contribution in [0.25, 0.3) is 33.4 Å². The van der Waals surface area contributed by atoms with Crippen molar-refractivity contribution in [3.63, 3.8) is 0 Å². The van der Waals surface area contributed by atoms with Crippen molar-refractivity contribution in [2.24, 2.45) is 0 Å². The van der Waals surface area contributed by atoms with Crippen molar-refractivity contribution in [2.45, 2.75) is 52.9 Å². The first kappa shape index (κ1) is 28.2. The van der Waals surface area contributed by atoms with Gasteiger partial charge in [0.1, 0.15) is 31.2 Å². The summed E-state index contributed by atoms with van der Waals surface area (Å²) in [5.41, 5.74) is 7.56. The lowest BCUT2D eigenvalue weighted by atomic mass is 9.91. The van der Waals surface area contributed by atoms with Crippen molar-refractivity contribution in [1.82, 2.24) is 9.89 Å². The van der Waals surface area contributed by atoms with E-state index >= 15 is 0 Å². The molecule has 0 bridgehead atoms. The Morgan fingerprint density at radius 3 is 2.31 bits per heavy atom. The lowest BCUT2D eigenvalue weighted by Gasteiger charge is -2.18. The molecule has 0 atom stereocenters. The van der Waals surface area contributed by atoms with Gasteiger partial charge in [0, 0.05) is 53.8 Å². The molecule has 6 heteroatoms. The molecule has 0 aromatic heterocycles. The van der Waals surface area contributed by atoms with Crippen LogP contribution in [0, 0.1) is 13.8 Å². The van der Waals surface area contributed by atoms with Crippen LogP contribution in [0.5, 0.6) is 5.75 Å². The highest BCUT2D eigenvalue weighted by Gasteiger charge is 2.19. The van der Waals surface area contributed by atoms with Gasteiger partial charge in [-0.05, 0) is 73.7 Å². The summed E-state index contributed by atoms with van der Waals surface area (Å²) in [6.07, 6.45) is 4.90. The Bertz CT molecular complexity index is 1480. The molecule has 6 nitrogen and oxygen atoms in total. The molecule has 2 aromatic carbocycles. The van der Waals surface area contributed by atoms with E-state index in [1.165, 1.54) is 5.56 Å². The Kier molecular flexibility index (Phi) is 9.28. The number of unbranched alkanes of at least 4 members (excludes halogenated alkanes) is 3. The summed E-state index contributed by atoms with van der Waals surface area (Å²) >= 11 is 0. The van der Waals surface area contributed by atoms with Crippen molar-refractivity contribution in [3.8, 4) is 28.2 Å². The number of nitrogens with one attached hydrogen (secondary N) is 2. The van der Waals surface area contributed by atoms with Crippen LogP contribution in [-0.4, -0.2) is 40.2 Å². The average molecular weight is 529 g/mol. The molecule has 1 aliphatic carbocycles. The molecule has 39 heavy (non-hydrogen) atoms. The van der Waals surface area contributed by atoms with Gasteiger partial charge >= 0.3 is 0 Å². The number of rotatable bonds is 11. The van der Waals surface area contributed by atoms with E-state index in [1.54, 1.807) is 7.11 Å². The Morgan fingerprint density at radius 2 is 1.64 bits per heavy atom. The predicted octanol–water partition coefficient (Wildman–Crippen LogP) is 6.36. The van der Waals surface area contributed by atoms with Crippen molar-refractivity contribution in [1.29, 1.82) is 0 Å². The molecule has 1 amide bonds. The molecule has 2 aliphatic rings. The normalized spacial score (nSPS) is 11.1. The number of hydrogen-bond acceptors (Lipinski definition) is 4. The van der Waals surface area contributed by atoms with E-state index in [0.717, 1.165) is 94.6 Å².